The minimum Gasteiger partial charge on any atom is -0.497 e. The molecule has 2 aromatic carbocycles. The van der Waals surface area contributed by atoms with Gasteiger partial charge in [0.05, 0.1) is 18.6 Å². The molecule has 3 rings (SSSR count). The van der Waals surface area contributed by atoms with E-state index in [1.165, 1.54) is 0 Å². The molecule has 0 saturated heterocycles. The second-order valence-corrected chi connectivity index (χ2v) is 6.67. The van der Waals surface area contributed by atoms with Crippen LogP contribution in [0.2, 0.25) is 5.02 Å². The maximum absolute atomic E-state index is 12.3. The van der Waals surface area contributed by atoms with Crippen molar-refractivity contribution in [3.8, 4) is 11.5 Å². The normalized spacial score (nSPS) is 10.8. The number of halogens is 1. The van der Waals surface area contributed by atoms with E-state index in [1.807, 2.05) is 26.0 Å². The van der Waals surface area contributed by atoms with Crippen LogP contribution in [0.25, 0.3) is 11.0 Å². The van der Waals surface area contributed by atoms with E-state index in [9.17, 15) is 9.59 Å². The molecule has 0 aliphatic carbocycles. The second-order valence-electron chi connectivity index (χ2n) is 6.26. The predicted molar refractivity (Wildman–Crippen MR) is 104 cm³/mol. The molecule has 0 aliphatic heterocycles. The number of hydrogen-bond acceptors (Lipinski definition) is 5. The van der Waals surface area contributed by atoms with Crippen molar-refractivity contribution >= 4 is 28.5 Å². The first kappa shape index (κ1) is 19.0. The summed E-state index contributed by atoms with van der Waals surface area (Å²) in [6, 6.07) is 10.5. The zero-order valence-electron chi connectivity index (χ0n) is 15.3. The molecule has 0 saturated carbocycles. The molecule has 0 atom stereocenters. The fourth-order valence-electron chi connectivity index (χ4n) is 2.88. The Hall–Kier alpha value is -2.79. The number of carbonyl (C=O) groups is 1. The summed E-state index contributed by atoms with van der Waals surface area (Å²) in [5.74, 6) is 0.462. The topological polar surface area (TPSA) is 65.7 Å². The summed E-state index contributed by atoms with van der Waals surface area (Å²) < 4.78 is 15.9. The molecule has 140 valence electrons. The molecule has 0 fully saturated rings. The molecule has 0 amide bonds. The van der Waals surface area contributed by atoms with Crippen molar-refractivity contribution in [3.63, 3.8) is 0 Å². The van der Waals surface area contributed by atoms with Crippen LogP contribution < -0.4 is 15.1 Å². The Morgan fingerprint density at radius 2 is 1.93 bits per heavy atom. The van der Waals surface area contributed by atoms with Crippen LogP contribution in [0.3, 0.4) is 0 Å². The van der Waals surface area contributed by atoms with Crippen molar-refractivity contribution in [2.45, 2.75) is 26.7 Å². The Morgan fingerprint density at radius 1 is 1.15 bits per heavy atom. The highest BCUT2D eigenvalue weighted by Crippen LogP contribution is 2.27. The average Bonchev–Trinajstić information content (AvgIpc) is 2.64. The molecule has 6 heteroatoms. The van der Waals surface area contributed by atoms with Crippen LogP contribution in [-0.4, -0.2) is 13.1 Å². The first-order valence-electron chi connectivity index (χ1n) is 8.46. The van der Waals surface area contributed by atoms with E-state index in [0.29, 0.717) is 27.7 Å². The van der Waals surface area contributed by atoms with Gasteiger partial charge >= 0.3 is 11.6 Å². The summed E-state index contributed by atoms with van der Waals surface area (Å²) in [4.78, 5) is 24.5. The maximum Gasteiger partial charge on any atom is 0.339 e. The molecular formula is C21H19ClO5. The van der Waals surface area contributed by atoms with Crippen LogP contribution in [0.15, 0.2) is 45.6 Å². The fraction of sp³-hybridized carbons (Fsp3) is 0.238. The first-order chi connectivity index (χ1) is 12.9. The van der Waals surface area contributed by atoms with Crippen LogP contribution >= 0.6 is 11.6 Å². The van der Waals surface area contributed by atoms with Crippen molar-refractivity contribution in [1.82, 2.24) is 0 Å². The summed E-state index contributed by atoms with van der Waals surface area (Å²) in [6.45, 7) is 3.72. The van der Waals surface area contributed by atoms with Gasteiger partial charge in [-0.15, -0.1) is 0 Å². The van der Waals surface area contributed by atoms with E-state index in [-0.39, 0.29) is 12.8 Å². The SMILES string of the molecule is COc1ccc2c(C)c(CCC(=O)Oc3cc(C)ccc3Cl)c(=O)oc2c1. The monoisotopic (exact) mass is 386 g/mol. The molecule has 1 aromatic heterocycles. The average molecular weight is 387 g/mol. The van der Waals surface area contributed by atoms with Gasteiger partial charge in [0.1, 0.15) is 17.1 Å². The number of fused-ring (bicyclic) bond motifs is 1. The zero-order chi connectivity index (χ0) is 19.6. The van der Waals surface area contributed by atoms with Crippen LogP contribution in [0.1, 0.15) is 23.1 Å². The lowest BCUT2D eigenvalue weighted by Gasteiger charge is -2.10. The third-order valence-corrected chi connectivity index (χ3v) is 4.70. The molecule has 3 aromatic rings. The Bertz CT molecular complexity index is 1070. The van der Waals surface area contributed by atoms with Crippen LogP contribution in [0.5, 0.6) is 11.5 Å². The maximum atomic E-state index is 12.3. The smallest absolute Gasteiger partial charge is 0.339 e. The van der Waals surface area contributed by atoms with Gasteiger partial charge in [0, 0.05) is 17.0 Å². The molecule has 0 bridgehead atoms. The number of hydrogen-bond donors (Lipinski definition) is 0. The van der Waals surface area contributed by atoms with Gasteiger partial charge in [-0.2, -0.15) is 0 Å². The minimum absolute atomic E-state index is 0.0392. The predicted octanol–water partition coefficient (Wildman–Crippen LogP) is 4.61. The van der Waals surface area contributed by atoms with E-state index in [2.05, 4.69) is 0 Å². The molecule has 0 spiro atoms. The summed E-state index contributed by atoms with van der Waals surface area (Å²) >= 11 is 6.05. The molecule has 5 nitrogen and oxygen atoms in total. The Labute approximate surface area is 161 Å². The van der Waals surface area contributed by atoms with Crippen molar-refractivity contribution in [2.24, 2.45) is 0 Å². The molecule has 0 radical (unpaired) electrons. The third kappa shape index (κ3) is 4.14. The Morgan fingerprint density at radius 3 is 2.67 bits per heavy atom. The highest BCUT2D eigenvalue weighted by molar-refractivity contribution is 6.32. The number of aryl methyl sites for hydroxylation is 2. The van der Waals surface area contributed by atoms with Gasteiger partial charge in [0.25, 0.3) is 0 Å². The van der Waals surface area contributed by atoms with Crippen LogP contribution in [-0.2, 0) is 11.2 Å². The van der Waals surface area contributed by atoms with E-state index in [1.54, 1.807) is 31.4 Å². The van der Waals surface area contributed by atoms with Crippen molar-refractivity contribution in [2.75, 3.05) is 7.11 Å². The number of ether oxygens (including phenoxy) is 2. The second kappa shape index (κ2) is 7.84. The number of carbonyl (C=O) groups excluding carboxylic acids is 1. The summed E-state index contributed by atoms with van der Waals surface area (Å²) in [7, 11) is 1.55. The molecule has 0 unspecified atom stereocenters. The quantitative estimate of drug-likeness (QED) is 0.364. The van der Waals surface area contributed by atoms with Gasteiger partial charge in [-0.1, -0.05) is 17.7 Å². The van der Waals surface area contributed by atoms with Gasteiger partial charge in [0.15, 0.2) is 0 Å². The fourth-order valence-corrected chi connectivity index (χ4v) is 3.04. The minimum atomic E-state index is -0.463. The zero-order valence-corrected chi connectivity index (χ0v) is 16.1. The number of methoxy groups -OCH3 is 1. The highest BCUT2D eigenvalue weighted by atomic mass is 35.5. The van der Waals surface area contributed by atoms with Gasteiger partial charge in [-0.25, -0.2) is 4.79 Å². The number of rotatable bonds is 5. The van der Waals surface area contributed by atoms with Crippen molar-refractivity contribution in [1.29, 1.82) is 0 Å². The first-order valence-corrected chi connectivity index (χ1v) is 8.84. The molecule has 1 heterocycles. The Balaban J connectivity index is 1.79. The van der Waals surface area contributed by atoms with Crippen molar-refractivity contribution < 1.29 is 18.7 Å². The number of benzene rings is 2. The largest absolute Gasteiger partial charge is 0.497 e. The molecular weight excluding hydrogens is 368 g/mol. The van der Waals surface area contributed by atoms with E-state index < -0.39 is 11.6 Å². The lowest BCUT2D eigenvalue weighted by atomic mass is 10.0. The van der Waals surface area contributed by atoms with Gasteiger partial charge in [-0.3, -0.25) is 4.79 Å². The van der Waals surface area contributed by atoms with Crippen molar-refractivity contribution in [3.05, 3.63) is 68.5 Å². The third-order valence-electron chi connectivity index (χ3n) is 4.38. The Kier molecular flexibility index (Phi) is 5.51. The van der Waals surface area contributed by atoms with E-state index >= 15 is 0 Å². The summed E-state index contributed by atoms with van der Waals surface area (Å²) in [6.07, 6.45) is 0.260. The number of esters is 1. The van der Waals surface area contributed by atoms with Gasteiger partial charge < -0.3 is 13.9 Å². The standard InChI is InChI=1S/C21H19ClO5/c1-12-4-8-17(22)19(10-12)26-20(23)9-7-16-13(2)15-6-5-14(25-3)11-18(15)27-21(16)24/h4-6,8,10-11H,7,9H2,1-3H3. The summed E-state index contributed by atoms with van der Waals surface area (Å²) in [5.41, 5.74) is 2.17. The van der Waals surface area contributed by atoms with Crippen LogP contribution in [0.4, 0.5) is 0 Å². The lowest BCUT2D eigenvalue weighted by molar-refractivity contribution is -0.134. The molecule has 0 N–H and O–H groups in total. The highest BCUT2D eigenvalue weighted by Gasteiger charge is 2.15. The van der Waals surface area contributed by atoms with E-state index in [4.69, 9.17) is 25.5 Å². The molecule has 0 aliphatic rings. The van der Waals surface area contributed by atoms with Gasteiger partial charge in [-0.05, 0) is 55.7 Å². The lowest BCUT2D eigenvalue weighted by Crippen LogP contribution is -2.15. The summed E-state index contributed by atoms with van der Waals surface area (Å²) in [5, 5.41) is 1.17. The van der Waals surface area contributed by atoms with E-state index in [0.717, 1.165) is 16.5 Å². The molecule has 27 heavy (non-hydrogen) atoms. The van der Waals surface area contributed by atoms with Gasteiger partial charge in [0.2, 0.25) is 0 Å². The van der Waals surface area contributed by atoms with Crippen LogP contribution in [0, 0.1) is 13.8 Å².